The van der Waals surface area contributed by atoms with Gasteiger partial charge in [0.15, 0.2) is 12.1 Å². The van der Waals surface area contributed by atoms with Crippen molar-refractivity contribution in [3.8, 4) is 0 Å². The highest BCUT2D eigenvalue weighted by Gasteiger charge is 2.30. The van der Waals surface area contributed by atoms with Gasteiger partial charge in [-0.2, -0.15) is 0 Å². The summed E-state index contributed by atoms with van der Waals surface area (Å²) in [6.07, 6.45) is 28.3. The first-order chi connectivity index (χ1) is 23.1. The summed E-state index contributed by atoms with van der Waals surface area (Å²) >= 11 is 0. The molecule has 0 aliphatic heterocycles. The highest BCUT2D eigenvalue weighted by atomic mass is 16.5. The van der Waals surface area contributed by atoms with Crippen LogP contribution in [0.25, 0.3) is 0 Å². The molecule has 0 saturated heterocycles. The fraction of sp³-hybridized carbons (Fsp3) is 0.897. The number of aliphatic hydroxyl groups excluding tert-OH is 1. The SMILES string of the molecule is CCCCCCCCCCCCCCCC(=O)OC(CCCCCCCCCCCCCC)C(=O)N[C@@H](C)C(=O)N[C@H](C(=O)O)[C@@H](C)O. The molecule has 4 N–H and O–H groups in total. The van der Waals surface area contributed by atoms with Crippen molar-refractivity contribution in [2.24, 2.45) is 0 Å². The van der Waals surface area contributed by atoms with Crippen LogP contribution in [-0.4, -0.2) is 58.3 Å². The third kappa shape index (κ3) is 26.8. The Morgan fingerprint density at radius 2 is 0.917 bits per heavy atom. The zero-order valence-corrected chi connectivity index (χ0v) is 31.3. The summed E-state index contributed by atoms with van der Waals surface area (Å²) in [6.45, 7) is 7.18. The van der Waals surface area contributed by atoms with Crippen LogP contribution in [0, 0.1) is 0 Å². The number of ether oxygens (including phenoxy) is 1. The Morgan fingerprint density at radius 1 is 0.542 bits per heavy atom. The van der Waals surface area contributed by atoms with E-state index in [0.29, 0.717) is 6.42 Å². The van der Waals surface area contributed by atoms with E-state index in [1.54, 1.807) is 0 Å². The molecule has 0 saturated carbocycles. The van der Waals surface area contributed by atoms with E-state index < -0.39 is 48.0 Å². The van der Waals surface area contributed by atoms with Crippen LogP contribution in [0.3, 0.4) is 0 Å². The Bertz CT molecular complexity index is 820. The van der Waals surface area contributed by atoms with Crippen molar-refractivity contribution < 1.29 is 34.1 Å². The molecule has 9 nitrogen and oxygen atoms in total. The van der Waals surface area contributed by atoms with Crippen LogP contribution in [0.5, 0.6) is 0 Å². The van der Waals surface area contributed by atoms with E-state index in [2.05, 4.69) is 24.5 Å². The molecule has 0 rings (SSSR count). The van der Waals surface area contributed by atoms with Crippen molar-refractivity contribution in [2.45, 2.75) is 225 Å². The van der Waals surface area contributed by atoms with E-state index in [0.717, 1.165) is 44.9 Å². The average Bonchev–Trinajstić information content (AvgIpc) is 3.05. The number of rotatable bonds is 34. The predicted molar refractivity (Wildman–Crippen MR) is 195 cm³/mol. The van der Waals surface area contributed by atoms with Gasteiger partial charge in [-0.3, -0.25) is 14.4 Å². The molecule has 0 fully saturated rings. The van der Waals surface area contributed by atoms with E-state index in [1.807, 2.05) is 0 Å². The average molecular weight is 683 g/mol. The molecule has 282 valence electrons. The van der Waals surface area contributed by atoms with Gasteiger partial charge in [-0.1, -0.05) is 162 Å². The predicted octanol–water partition coefficient (Wildman–Crippen LogP) is 8.93. The number of aliphatic hydroxyl groups is 1. The molecule has 48 heavy (non-hydrogen) atoms. The smallest absolute Gasteiger partial charge is 0.328 e. The molecule has 4 atom stereocenters. The first-order valence-electron chi connectivity index (χ1n) is 19.8. The lowest BCUT2D eigenvalue weighted by Gasteiger charge is -2.23. The summed E-state index contributed by atoms with van der Waals surface area (Å²) in [7, 11) is 0. The van der Waals surface area contributed by atoms with Gasteiger partial charge < -0.3 is 25.6 Å². The zero-order valence-electron chi connectivity index (χ0n) is 31.3. The second kappa shape index (κ2) is 32.1. The summed E-state index contributed by atoms with van der Waals surface area (Å²) in [4.78, 5) is 49.8. The summed E-state index contributed by atoms with van der Waals surface area (Å²) in [5.41, 5.74) is 0. The van der Waals surface area contributed by atoms with Gasteiger partial charge in [-0.15, -0.1) is 0 Å². The van der Waals surface area contributed by atoms with Crippen molar-refractivity contribution in [2.75, 3.05) is 0 Å². The molecular weight excluding hydrogens is 608 g/mol. The quantitative estimate of drug-likeness (QED) is 0.0392. The molecule has 1 unspecified atom stereocenters. The van der Waals surface area contributed by atoms with Crippen molar-refractivity contribution in [1.82, 2.24) is 10.6 Å². The zero-order chi connectivity index (χ0) is 35.8. The third-order valence-electron chi connectivity index (χ3n) is 9.17. The Morgan fingerprint density at radius 3 is 1.29 bits per heavy atom. The van der Waals surface area contributed by atoms with Crippen LogP contribution in [0.1, 0.15) is 201 Å². The van der Waals surface area contributed by atoms with Crippen molar-refractivity contribution >= 4 is 23.8 Å². The number of carbonyl (C=O) groups is 4. The number of hydrogen-bond donors (Lipinski definition) is 4. The van der Waals surface area contributed by atoms with Gasteiger partial charge >= 0.3 is 11.9 Å². The second-order valence-electron chi connectivity index (χ2n) is 13.9. The number of unbranched alkanes of at least 4 members (excludes halogenated alkanes) is 23. The fourth-order valence-electron chi connectivity index (χ4n) is 5.96. The van der Waals surface area contributed by atoms with Crippen LogP contribution in [0.2, 0.25) is 0 Å². The number of carboxylic acid groups (broad SMARTS) is 1. The minimum atomic E-state index is -1.49. The maximum Gasteiger partial charge on any atom is 0.328 e. The second-order valence-corrected chi connectivity index (χ2v) is 13.9. The topological polar surface area (TPSA) is 142 Å². The van der Waals surface area contributed by atoms with E-state index in [4.69, 9.17) is 4.74 Å². The number of carbonyl (C=O) groups excluding carboxylic acids is 3. The number of hydrogen-bond acceptors (Lipinski definition) is 6. The fourth-order valence-corrected chi connectivity index (χ4v) is 5.96. The molecule has 0 aromatic rings. The van der Waals surface area contributed by atoms with Crippen LogP contribution in [0.4, 0.5) is 0 Å². The molecule has 0 spiro atoms. The lowest BCUT2D eigenvalue weighted by atomic mass is 10.0. The number of carboxylic acids is 1. The molecule has 0 aromatic heterocycles. The number of esters is 1. The monoisotopic (exact) mass is 683 g/mol. The summed E-state index contributed by atoms with van der Waals surface area (Å²) in [5.74, 6) is -3.08. The van der Waals surface area contributed by atoms with E-state index in [1.165, 1.54) is 129 Å². The van der Waals surface area contributed by atoms with Crippen LogP contribution >= 0.6 is 0 Å². The lowest BCUT2D eigenvalue weighted by Crippen LogP contribution is -2.55. The normalized spacial score (nSPS) is 13.8. The highest BCUT2D eigenvalue weighted by molar-refractivity contribution is 5.92. The maximum absolute atomic E-state index is 13.1. The molecule has 2 amide bonds. The van der Waals surface area contributed by atoms with Crippen molar-refractivity contribution in [3.05, 3.63) is 0 Å². The van der Waals surface area contributed by atoms with Crippen LogP contribution in [0.15, 0.2) is 0 Å². The van der Waals surface area contributed by atoms with E-state index in [-0.39, 0.29) is 6.42 Å². The first kappa shape index (κ1) is 45.8. The van der Waals surface area contributed by atoms with Gasteiger partial charge in [0.1, 0.15) is 6.04 Å². The Hall–Kier alpha value is -2.16. The summed E-state index contributed by atoms with van der Waals surface area (Å²) in [6, 6.07) is -2.56. The summed E-state index contributed by atoms with van der Waals surface area (Å²) in [5, 5.41) is 23.8. The number of nitrogens with one attached hydrogen (secondary N) is 2. The van der Waals surface area contributed by atoms with E-state index >= 15 is 0 Å². The molecule has 0 aliphatic rings. The van der Waals surface area contributed by atoms with Crippen LogP contribution in [-0.2, 0) is 23.9 Å². The highest BCUT2D eigenvalue weighted by Crippen LogP contribution is 2.16. The molecule has 9 heteroatoms. The number of aliphatic carboxylic acids is 1. The van der Waals surface area contributed by atoms with Crippen molar-refractivity contribution in [3.63, 3.8) is 0 Å². The van der Waals surface area contributed by atoms with Gasteiger partial charge in [0.2, 0.25) is 5.91 Å². The van der Waals surface area contributed by atoms with E-state index in [9.17, 15) is 29.4 Å². The minimum absolute atomic E-state index is 0.255. The Labute approximate surface area is 293 Å². The van der Waals surface area contributed by atoms with Gasteiger partial charge in [0.25, 0.3) is 5.91 Å². The van der Waals surface area contributed by atoms with Gasteiger partial charge in [0.05, 0.1) is 6.10 Å². The van der Waals surface area contributed by atoms with Gasteiger partial charge in [-0.25, -0.2) is 4.79 Å². The molecular formula is C39H74N2O7. The molecule has 0 bridgehead atoms. The largest absolute Gasteiger partial charge is 0.480 e. The molecule has 0 heterocycles. The number of amides is 2. The standard InChI is InChI=1S/C39H74N2O7/c1-5-7-9-11-13-15-17-19-21-23-25-27-29-31-35(43)48-34(30-28-26-24-22-20-18-16-14-12-10-8-6-2)38(45)40-32(3)37(44)41-36(33(4)42)39(46)47/h32-34,36,42H,5-31H2,1-4H3,(H,40,45)(H,41,44)(H,46,47)/t32-,33+,34?,36-/m0/s1. The maximum atomic E-state index is 13.1. The first-order valence-corrected chi connectivity index (χ1v) is 19.8. The third-order valence-corrected chi connectivity index (χ3v) is 9.17. The Balaban J connectivity index is 4.60. The minimum Gasteiger partial charge on any atom is -0.480 e. The Kier molecular flexibility index (Phi) is 30.6. The van der Waals surface area contributed by atoms with Crippen molar-refractivity contribution in [1.29, 1.82) is 0 Å². The molecule has 0 aliphatic carbocycles. The lowest BCUT2D eigenvalue weighted by molar-refractivity contribution is -0.157. The van der Waals surface area contributed by atoms with Gasteiger partial charge in [-0.05, 0) is 33.1 Å². The van der Waals surface area contributed by atoms with Gasteiger partial charge in [0, 0.05) is 6.42 Å². The molecule has 0 aromatic carbocycles. The summed E-state index contributed by atoms with van der Waals surface area (Å²) < 4.78 is 5.64. The van der Waals surface area contributed by atoms with Crippen LogP contribution < -0.4 is 10.6 Å². The molecule has 0 radical (unpaired) electrons.